The van der Waals surface area contributed by atoms with Gasteiger partial charge in [-0.05, 0) is 12.5 Å². The van der Waals surface area contributed by atoms with E-state index in [9.17, 15) is 9.90 Å². The molecule has 1 amide bonds. The van der Waals surface area contributed by atoms with Crippen LogP contribution >= 0.6 is 0 Å². The minimum absolute atomic E-state index is 0.00611. The SMILES string of the molecule is CCC(CO)N1CCN(C(=O)c2ccnnc2)CC1. The molecule has 1 saturated heterocycles. The predicted molar refractivity (Wildman–Crippen MR) is 70.7 cm³/mol. The van der Waals surface area contributed by atoms with Gasteiger partial charge in [0.2, 0.25) is 0 Å². The summed E-state index contributed by atoms with van der Waals surface area (Å²) in [5.74, 6) is 0.00611. The highest BCUT2D eigenvalue weighted by molar-refractivity contribution is 5.93. The maximum atomic E-state index is 12.2. The molecule has 1 aliphatic heterocycles. The van der Waals surface area contributed by atoms with Gasteiger partial charge in [0, 0.05) is 32.2 Å². The van der Waals surface area contributed by atoms with Gasteiger partial charge in [-0.2, -0.15) is 10.2 Å². The largest absolute Gasteiger partial charge is 0.395 e. The van der Waals surface area contributed by atoms with Crippen molar-refractivity contribution in [2.45, 2.75) is 19.4 Å². The van der Waals surface area contributed by atoms with E-state index in [2.05, 4.69) is 22.0 Å². The van der Waals surface area contributed by atoms with Crippen molar-refractivity contribution < 1.29 is 9.90 Å². The number of hydrogen-bond acceptors (Lipinski definition) is 5. The van der Waals surface area contributed by atoms with Gasteiger partial charge in [0.15, 0.2) is 0 Å². The summed E-state index contributed by atoms with van der Waals surface area (Å²) in [6, 6.07) is 1.89. The van der Waals surface area contributed by atoms with Crippen molar-refractivity contribution in [1.82, 2.24) is 20.0 Å². The molecule has 104 valence electrons. The Morgan fingerprint density at radius 2 is 2.11 bits per heavy atom. The molecule has 6 heteroatoms. The first kappa shape index (κ1) is 13.9. The Bertz CT molecular complexity index is 400. The van der Waals surface area contributed by atoms with Crippen LogP contribution in [0.3, 0.4) is 0 Å². The van der Waals surface area contributed by atoms with Gasteiger partial charge in [-0.15, -0.1) is 0 Å². The van der Waals surface area contributed by atoms with Crippen molar-refractivity contribution in [3.05, 3.63) is 24.0 Å². The third kappa shape index (κ3) is 3.27. The summed E-state index contributed by atoms with van der Waals surface area (Å²) in [7, 11) is 0. The zero-order chi connectivity index (χ0) is 13.7. The van der Waals surface area contributed by atoms with Crippen molar-refractivity contribution in [1.29, 1.82) is 0 Å². The number of nitrogens with zero attached hydrogens (tertiary/aromatic N) is 4. The molecule has 1 atom stereocenters. The quantitative estimate of drug-likeness (QED) is 0.829. The average Bonchev–Trinajstić information content (AvgIpc) is 2.49. The van der Waals surface area contributed by atoms with Crippen molar-refractivity contribution in [2.75, 3.05) is 32.8 Å². The number of aliphatic hydroxyl groups is 1. The van der Waals surface area contributed by atoms with Crippen LogP contribution in [0.2, 0.25) is 0 Å². The number of aliphatic hydroxyl groups excluding tert-OH is 1. The summed E-state index contributed by atoms with van der Waals surface area (Å²) in [4.78, 5) is 16.3. The van der Waals surface area contributed by atoms with E-state index < -0.39 is 0 Å². The average molecular weight is 264 g/mol. The van der Waals surface area contributed by atoms with E-state index >= 15 is 0 Å². The Hall–Kier alpha value is -1.53. The molecule has 2 rings (SSSR count). The highest BCUT2D eigenvalue weighted by Gasteiger charge is 2.25. The minimum atomic E-state index is 0.00611. The smallest absolute Gasteiger partial charge is 0.255 e. The van der Waals surface area contributed by atoms with E-state index in [-0.39, 0.29) is 18.6 Å². The second-order valence-corrected chi connectivity index (χ2v) is 4.70. The monoisotopic (exact) mass is 264 g/mol. The molecular weight excluding hydrogens is 244 g/mol. The van der Waals surface area contributed by atoms with Crippen LogP contribution < -0.4 is 0 Å². The predicted octanol–water partition coefficient (Wildman–Crippen LogP) is 0.00530. The van der Waals surface area contributed by atoms with Crippen LogP contribution in [0.25, 0.3) is 0 Å². The second kappa shape index (κ2) is 6.58. The van der Waals surface area contributed by atoms with Gasteiger partial charge in [-0.25, -0.2) is 0 Å². The first-order valence-electron chi connectivity index (χ1n) is 6.67. The molecular formula is C13H20N4O2. The molecule has 0 radical (unpaired) electrons. The molecule has 0 saturated carbocycles. The molecule has 19 heavy (non-hydrogen) atoms. The zero-order valence-electron chi connectivity index (χ0n) is 11.2. The van der Waals surface area contributed by atoms with Gasteiger partial charge in [-0.3, -0.25) is 9.69 Å². The number of piperazine rings is 1. The molecule has 0 spiro atoms. The highest BCUT2D eigenvalue weighted by atomic mass is 16.3. The molecule has 1 aromatic rings. The van der Waals surface area contributed by atoms with E-state index in [4.69, 9.17) is 0 Å². The number of rotatable bonds is 4. The molecule has 2 heterocycles. The lowest BCUT2D eigenvalue weighted by molar-refractivity contribution is 0.0472. The normalized spacial score (nSPS) is 18.3. The Balaban J connectivity index is 1.91. The molecule has 0 aromatic carbocycles. The van der Waals surface area contributed by atoms with Crippen molar-refractivity contribution >= 4 is 5.91 Å². The zero-order valence-corrected chi connectivity index (χ0v) is 11.2. The maximum absolute atomic E-state index is 12.2. The van der Waals surface area contributed by atoms with Gasteiger partial charge in [0.05, 0.1) is 24.6 Å². The van der Waals surface area contributed by atoms with Crippen LogP contribution in [-0.4, -0.2) is 69.8 Å². The molecule has 0 aliphatic carbocycles. The summed E-state index contributed by atoms with van der Waals surface area (Å²) >= 11 is 0. The Morgan fingerprint density at radius 3 is 2.63 bits per heavy atom. The van der Waals surface area contributed by atoms with Crippen LogP contribution in [0, 0.1) is 0 Å². The first-order chi connectivity index (χ1) is 9.26. The standard InChI is InChI=1S/C13H20N4O2/c1-2-12(10-18)16-5-7-17(8-6-16)13(19)11-3-4-14-15-9-11/h3-4,9,12,18H,2,5-8,10H2,1H3. The van der Waals surface area contributed by atoms with Crippen LogP contribution in [0.4, 0.5) is 0 Å². The third-order valence-corrected chi connectivity index (χ3v) is 3.63. The van der Waals surface area contributed by atoms with Crippen LogP contribution in [0.5, 0.6) is 0 Å². The van der Waals surface area contributed by atoms with Crippen LogP contribution in [-0.2, 0) is 0 Å². The van der Waals surface area contributed by atoms with Crippen molar-refractivity contribution in [3.63, 3.8) is 0 Å². The summed E-state index contributed by atoms with van der Waals surface area (Å²) in [6.07, 6.45) is 3.96. The summed E-state index contributed by atoms with van der Waals surface area (Å²) in [5, 5.41) is 16.7. The Labute approximate surface area is 113 Å². The van der Waals surface area contributed by atoms with E-state index in [1.54, 1.807) is 6.07 Å². The third-order valence-electron chi connectivity index (χ3n) is 3.63. The summed E-state index contributed by atoms with van der Waals surface area (Å²) in [5.41, 5.74) is 0.581. The summed E-state index contributed by atoms with van der Waals surface area (Å²) < 4.78 is 0. The lowest BCUT2D eigenvalue weighted by atomic mass is 10.1. The van der Waals surface area contributed by atoms with E-state index in [1.165, 1.54) is 12.4 Å². The fourth-order valence-corrected chi connectivity index (χ4v) is 2.39. The van der Waals surface area contributed by atoms with Gasteiger partial charge in [-0.1, -0.05) is 6.92 Å². The highest BCUT2D eigenvalue weighted by Crippen LogP contribution is 2.11. The van der Waals surface area contributed by atoms with E-state index in [0.29, 0.717) is 18.7 Å². The molecule has 1 N–H and O–H groups in total. The number of aromatic nitrogens is 2. The molecule has 1 aromatic heterocycles. The van der Waals surface area contributed by atoms with E-state index in [0.717, 1.165) is 19.5 Å². The molecule has 6 nitrogen and oxygen atoms in total. The Kier molecular flexibility index (Phi) is 4.81. The Morgan fingerprint density at radius 1 is 1.37 bits per heavy atom. The van der Waals surface area contributed by atoms with Gasteiger partial charge < -0.3 is 10.0 Å². The first-order valence-corrected chi connectivity index (χ1v) is 6.67. The van der Waals surface area contributed by atoms with Crippen molar-refractivity contribution in [3.8, 4) is 0 Å². The molecule has 1 fully saturated rings. The van der Waals surface area contributed by atoms with Crippen molar-refractivity contribution in [2.24, 2.45) is 0 Å². The molecule has 1 aliphatic rings. The van der Waals surface area contributed by atoms with Gasteiger partial charge in [0.1, 0.15) is 0 Å². The topological polar surface area (TPSA) is 69.6 Å². The molecule has 0 bridgehead atoms. The van der Waals surface area contributed by atoms with Crippen LogP contribution in [0.15, 0.2) is 18.5 Å². The fourth-order valence-electron chi connectivity index (χ4n) is 2.39. The number of carbonyl (C=O) groups is 1. The van der Waals surface area contributed by atoms with Crippen LogP contribution in [0.1, 0.15) is 23.7 Å². The summed E-state index contributed by atoms with van der Waals surface area (Å²) in [6.45, 7) is 5.25. The van der Waals surface area contributed by atoms with E-state index in [1.807, 2.05) is 4.90 Å². The fraction of sp³-hybridized carbons (Fsp3) is 0.615. The van der Waals surface area contributed by atoms with Gasteiger partial charge in [0.25, 0.3) is 5.91 Å². The number of amides is 1. The van der Waals surface area contributed by atoms with Gasteiger partial charge >= 0.3 is 0 Å². The lowest BCUT2D eigenvalue weighted by Crippen LogP contribution is -2.52. The minimum Gasteiger partial charge on any atom is -0.395 e. The number of hydrogen-bond donors (Lipinski definition) is 1. The molecule has 1 unspecified atom stereocenters. The second-order valence-electron chi connectivity index (χ2n) is 4.70. The maximum Gasteiger partial charge on any atom is 0.255 e. The number of carbonyl (C=O) groups excluding carboxylic acids is 1. The lowest BCUT2D eigenvalue weighted by Gasteiger charge is -2.38.